The van der Waals surface area contributed by atoms with Crippen molar-refractivity contribution in [3.8, 4) is 32.9 Å². The molecule has 43 heavy (non-hydrogen) atoms. The molecule has 4 aromatic rings. The van der Waals surface area contributed by atoms with Crippen LogP contribution in [-0.2, 0) is 28.9 Å². The van der Waals surface area contributed by atoms with Gasteiger partial charge in [-0.2, -0.15) is 0 Å². The van der Waals surface area contributed by atoms with E-state index in [4.69, 9.17) is 14.5 Å². The van der Waals surface area contributed by atoms with Crippen LogP contribution in [0.1, 0.15) is 48.6 Å². The van der Waals surface area contributed by atoms with Crippen molar-refractivity contribution in [3.63, 3.8) is 0 Å². The normalized spacial score (nSPS) is 13.4. The lowest BCUT2D eigenvalue weighted by Gasteiger charge is -2.23. The van der Waals surface area contributed by atoms with Gasteiger partial charge in [0.1, 0.15) is 15.8 Å². The van der Waals surface area contributed by atoms with Crippen molar-refractivity contribution < 1.29 is 19.1 Å². The minimum atomic E-state index is -0.361. The smallest absolute Gasteiger partial charge is 0.225 e. The monoisotopic (exact) mass is 769 g/mol. The molecule has 0 bridgehead atoms. The number of carbonyl (C=O) groups excluding carboxylic acids is 2. The fraction of sp³-hybridized carbons (Fsp3) is 0.379. The topological polar surface area (TPSA) is 107 Å². The third-order valence-corrected chi connectivity index (χ3v) is 9.62. The Bertz CT molecular complexity index is 1590. The van der Waals surface area contributed by atoms with E-state index in [0.717, 1.165) is 73.0 Å². The number of ether oxygens (including phenoxy) is 2. The highest BCUT2D eigenvalue weighted by molar-refractivity contribution is 9.10. The van der Waals surface area contributed by atoms with Crippen molar-refractivity contribution in [1.29, 1.82) is 0 Å². The number of aromatic nitrogens is 4. The second kappa shape index (κ2) is 15.5. The Kier molecular flexibility index (Phi) is 12.1. The first kappa shape index (κ1) is 33.4. The van der Waals surface area contributed by atoms with E-state index in [1.165, 1.54) is 30.3 Å². The molecule has 5 heterocycles. The molecule has 0 radical (unpaired) electrons. The highest BCUT2D eigenvalue weighted by atomic mass is 79.9. The van der Waals surface area contributed by atoms with Crippen molar-refractivity contribution in [1.82, 2.24) is 19.9 Å². The summed E-state index contributed by atoms with van der Waals surface area (Å²) < 4.78 is 12.5. The molecule has 1 aliphatic carbocycles. The zero-order chi connectivity index (χ0) is 31.1. The lowest BCUT2D eigenvalue weighted by molar-refractivity contribution is -0.116. The van der Waals surface area contributed by atoms with Gasteiger partial charge >= 0.3 is 0 Å². The van der Waals surface area contributed by atoms with E-state index < -0.39 is 0 Å². The largest absolute Gasteiger partial charge is 0.480 e. The first-order valence-electron chi connectivity index (χ1n) is 13.4. The van der Waals surface area contributed by atoms with Crippen LogP contribution in [0.2, 0.25) is 0 Å². The van der Waals surface area contributed by atoms with Gasteiger partial charge in [-0.1, -0.05) is 0 Å². The number of aryl methyl sites for hydroxylation is 3. The summed E-state index contributed by atoms with van der Waals surface area (Å²) in [7, 11) is 3.24. The van der Waals surface area contributed by atoms with E-state index in [1.54, 1.807) is 61.1 Å². The summed E-state index contributed by atoms with van der Waals surface area (Å²) >= 11 is 14.9. The Morgan fingerprint density at radius 2 is 1.35 bits per heavy atom. The number of carbonyl (C=O) groups is 2. The van der Waals surface area contributed by atoms with Crippen LogP contribution in [0.25, 0.3) is 21.1 Å². The van der Waals surface area contributed by atoms with E-state index in [-0.39, 0.29) is 11.1 Å². The van der Waals surface area contributed by atoms with Gasteiger partial charge in [0.25, 0.3) is 0 Å². The summed E-state index contributed by atoms with van der Waals surface area (Å²) in [6.45, 7) is 3.61. The summed E-state index contributed by atoms with van der Waals surface area (Å²) in [5, 5.41) is 1.49. The molecular weight excluding hydrogens is 742 g/mol. The molecule has 0 N–H and O–H groups in total. The van der Waals surface area contributed by atoms with E-state index in [9.17, 15) is 9.59 Å². The Labute approximate surface area is 280 Å². The molecule has 14 heteroatoms. The molecule has 0 atom stereocenters. The van der Waals surface area contributed by atoms with Gasteiger partial charge < -0.3 is 9.47 Å². The third kappa shape index (κ3) is 8.59. The Morgan fingerprint density at radius 1 is 0.837 bits per heavy atom. The summed E-state index contributed by atoms with van der Waals surface area (Å²) in [6.07, 6.45) is 10.2. The molecule has 1 aliphatic heterocycles. The maximum Gasteiger partial charge on any atom is 0.225 e. The number of nitrogens with zero attached hydrogens (tertiary/aromatic N) is 5. The molecule has 9 nitrogen and oxygen atoms in total. The van der Waals surface area contributed by atoms with Gasteiger partial charge in [0, 0.05) is 51.5 Å². The molecule has 1 amide bonds. The highest BCUT2D eigenvalue weighted by Crippen LogP contribution is 2.40. The SMILES string of the molecule is CC(=O)Cl.COc1ncc(Br)cc1-c1nc2c(s1)CCCC2.COc1ncc(Br)cc1-c1nc2c(s1)CCCN2C(C)=O. The number of hydrogen-bond donors (Lipinski definition) is 0. The van der Waals surface area contributed by atoms with E-state index in [2.05, 4.69) is 58.4 Å². The number of thiazole rings is 2. The fourth-order valence-corrected chi connectivity index (χ4v) is 7.53. The number of amides is 1. The molecule has 0 unspecified atom stereocenters. The second-order valence-corrected chi connectivity index (χ2v) is 14.1. The number of rotatable bonds is 4. The maximum atomic E-state index is 11.7. The van der Waals surface area contributed by atoms with Gasteiger partial charge in [-0.3, -0.25) is 14.5 Å². The van der Waals surface area contributed by atoms with Crippen molar-refractivity contribution in [2.45, 2.75) is 52.4 Å². The average Bonchev–Trinajstić information content (AvgIpc) is 3.61. The molecule has 0 spiro atoms. The van der Waals surface area contributed by atoms with Gasteiger partial charge in [-0.15, -0.1) is 22.7 Å². The average molecular weight is 772 g/mol. The van der Waals surface area contributed by atoms with Crippen molar-refractivity contribution in [2.75, 3.05) is 25.7 Å². The van der Waals surface area contributed by atoms with Crippen LogP contribution in [0.15, 0.2) is 33.5 Å². The Morgan fingerprint density at radius 3 is 1.88 bits per heavy atom. The van der Waals surface area contributed by atoms with Gasteiger partial charge in [0.15, 0.2) is 0 Å². The zero-order valence-corrected chi connectivity index (χ0v) is 29.6. The van der Waals surface area contributed by atoms with Crippen molar-refractivity contribution in [2.24, 2.45) is 0 Å². The highest BCUT2D eigenvalue weighted by Gasteiger charge is 2.26. The molecule has 0 aromatic carbocycles. The van der Waals surface area contributed by atoms with Crippen LogP contribution in [0.5, 0.6) is 11.8 Å². The number of pyridine rings is 2. The lowest BCUT2D eigenvalue weighted by atomic mass is 10.0. The first-order valence-corrected chi connectivity index (χ1v) is 17.0. The molecule has 228 valence electrons. The zero-order valence-electron chi connectivity index (χ0n) is 24.1. The van der Waals surface area contributed by atoms with Crippen molar-refractivity contribution in [3.05, 3.63) is 48.9 Å². The van der Waals surface area contributed by atoms with Crippen LogP contribution >= 0.6 is 66.1 Å². The quantitative estimate of drug-likeness (QED) is 0.193. The van der Waals surface area contributed by atoms with Crippen LogP contribution in [0, 0.1) is 0 Å². The number of methoxy groups -OCH3 is 2. The van der Waals surface area contributed by atoms with E-state index in [0.29, 0.717) is 11.8 Å². The van der Waals surface area contributed by atoms with Crippen LogP contribution in [0.3, 0.4) is 0 Å². The molecule has 0 saturated carbocycles. The minimum absolute atomic E-state index is 0.0344. The maximum absolute atomic E-state index is 11.7. The Hall–Kier alpha value is -2.45. The van der Waals surface area contributed by atoms with Crippen LogP contribution < -0.4 is 14.4 Å². The number of hydrogen-bond acceptors (Lipinski definition) is 10. The van der Waals surface area contributed by atoms with Gasteiger partial charge in [-0.25, -0.2) is 19.9 Å². The molecular formula is C29H30Br2ClN5O4S2. The molecule has 4 aromatic heterocycles. The van der Waals surface area contributed by atoms with E-state index >= 15 is 0 Å². The third-order valence-electron chi connectivity index (χ3n) is 6.43. The molecule has 2 aliphatic rings. The summed E-state index contributed by atoms with van der Waals surface area (Å²) in [4.78, 5) is 43.2. The second-order valence-electron chi connectivity index (χ2n) is 9.53. The predicted octanol–water partition coefficient (Wildman–Crippen LogP) is 7.90. The Balaban J connectivity index is 0.000000177. The summed E-state index contributed by atoms with van der Waals surface area (Å²) in [6, 6.07) is 3.96. The fourth-order valence-electron chi connectivity index (χ4n) is 4.60. The summed E-state index contributed by atoms with van der Waals surface area (Å²) in [5.41, 5.74) is 3.09. The number of anilines is 1. The van der Waals surface area contributed by atoms with Gasteiger partial charge in [-0.05, 0) is 94.1 Å². The predicted molar refractivity (Wildman–Crippen MR) is 179 cm³/mol. The van der Waals surface area contributed by atoms with Gasteiger partial charge in [0.2, 0.25) is 22.9 Å². The standard InChI is InChI=1S/C14H14BrN3O2S.C13H13BrN2OS.C2H3ClO/c1-8(19)18-5-3-4-11-12(18)17-14(21-11)10-6-9(15)7-16-13(10)20-2;1-17-12-9(6-8(14)7-15-12)13-16-10-4-2-3-5-11(10)18-13;1-2(3)4/h6-7H,3-5H2,1-2H3;6-7H,2-5H2,1H3;1H3. The lowest BCUT2D eigenvalue weighted by Crippen LogP contribution is -2.33. The minimum Gasteiger partial charge on any atom is -0.480 e. The van der Waals surface area contributed by atoms with Crippen LogP contribution in [-0.4, -0.2) is 51.8 Å². The van der Waals surface area contributed by atoms with Gasteiger partial charge in [0.05, 0.1) is 31.0 Å². The number of fused-ring (bicyclic) bond motifs is 2. The molecule has 0 saturated heterocycles. The number of halogens is 3. The summed E-state index contributed by atoms with van der Waals surface area (Å²) in [5.74, 6) is 2.01. The van der Waals surface area contributed by atoms with E-state index in [1.807, 2.05) is 12.1 Å². The molecule has 6 rings (SSSR count). The molecule has 0 fully saturated rings. The van der Waals surface area contributed by atoms with Crippen LogP contribution in [0.4, 0.5) is 5.82 Å². The van der Waals surface area contributed by atoms with Crippen molar-refractivity contribution >= 4 is 83.1 Å². The first-order chi connectivity index (χ1) is 20.6.